The Bertz CT molecular complexity index is 472. The second-order valence-electron chi connectivity index (χ2n) is 4.62. The standard InChI is InChI=1S/C14H16BrNO3/c1-19-14(18)11-3-2-8-16(9-11)13(17)10-4-6-12(15)7-5-10/h4-7,11H,2-3,8-9H2,1H3/t11-/m0/s1. The smallest absolute Gasteiger partial charge is 0.310 e. The van der Waals surface area contributed by atoms with Gasteiger partial charge < -0.3 is 9.64 Å². The van der Waals surface area contributed by atoms with Gasteiger partial charge in [0, 0.05) is 23.1 Å². The number of benzene rings is 1. The lowest BCUT2D eigenvalue weighted by Gasteiger charge is -2.31. The normalized spacial score (nSPS) is 19.1. The molecule has 0 saturated carbocycles. The number of methoxy groups -OCH3 is 1. The summed E-state index contributed by atoms with van der Waals surface area (Å²) < 4.78 is 5.70. The molecule has 0 unspecified atom stereocenters. The Morgan fingerprint density at radius 2 is 2.00 bits per heavy atom. The van der Waals surface area contributed by atoms with Crippen molar-refractivity contribution in [1.29, 1.82) is 0 Å². The first-order valence-corrected chi connectivity index (χ1v) is 7.04. The molecule has 1 saturated heterocycles. The van der Waals surface area contributed by atoms with Gasteiger partial charge in [0.15, 0.2) is 0 Å². The molecule has 2 rings (SSSR count). The zero-order valence-corrected chi connectivity index (χ0v) is 12.4. The molecule has 19 heavy (non-hydrogen) atoms. The van der Waals surface area contributed by atoms with Crippen LogP contribution in [-0.2, 0) is 9.53 Å². The summed E-state index contributed by atoms with van der Waals surface area (Å²) in [5.74, 6) is -0.451. The first-order chi connectivity index (χ1) is 9.11. The Kier molecular flexibility index (Phi) is 4.58. The molecule has 1 aliphatic rings. The van der Waals surface area contributed by atoms with E-state index in [2.05, 4.69) is 15.9 Å². The third-order valence-electron chi connectivity index (χ3n) is 3.33. The number of halogens is 1. The van der Waals surface area contributed by atoms with E-state index in [0.717, 1.165) is 17.3 Å². The Hall–Kier alpha value is -1.36. The van der Waals surface area contributed by atoms with Gasteiger partial charge in [0.2, 0.25) is 0 Å². The number of likely N-dealkylation sites (tertiary alicyclic amines) is 1. The molecule has 1 amide bonds. The molecule has 1 aromatic rings. The maximum absolute atomic E-state index is 12.3. The molecule has 0 radical (unpaired) electrons. The van der Waals surface area contributed by atoms with Crippen LogP contribution in [-0.4, -0.2) is 37.0 Å². The highest BCUT2D eigenvalue weighted by Gasteiger charge is 2.29. The number of carbonyl (C=O) groups is 2. The van der Waals surface area contributed by atoms with Crippen molar-refractivity contribution in [3.05, 3.63) is 34.3 Å². The summed E-state index contributed by atoms with van der Waals surface area (Å²) in [6.07, 6.45) is 1.62. The highest BCUT2D eigenvalue weighted by molar-refractivity contribution is 9.10. The molecule has 1 atom stereocenters. The van der Waals surface area contributed by atoms with Crippen molar-refractivity contribution in [3.8, 4) is 0 Å². The fourth-order valence-corrected chi connectivity index (χ4v) is 2.56. The van der Waals surface area contributed by atoms with Crippen molar-refractivity contribution >= 4 is 27.8 Å². The molecule has 0 spiro atoms. The van der Waals surface area contributed by atoms with Gasteiger partial charge in [-0.2, -0.15) is 0 Å². The summed E-state index contributed by atoms with van der Waals surface area (Å²) in [5.41, 5.74) is 0.647. The van der Waals surface area contributed by atoms with E-state index < -0.39 is 0 Å². The molecule has 102 valence electrons. The van der Waals surface area contributed by atoms with E-state index in [0.29, 0.717) is 18.7 Å². The molecule has 0 aromatic heterocycles. The minimum Gasteiger partial charge on any atom is -0.469 e. The third-order valence-corrected chi connectivity index (χ3v) is 3.86. The van der Waals surface area contributed by atoms with Crippen LogP contribution in [0.3, 0.4) is 0 Å². The summed E-state index contributed by atoms with van der Waals surface area (Å²) in [5, 5.41) is 0. The second-order valence-corrected chi connectivity index (χ2v) is 5.54. The van der Waals surface area contributed by atoms with Crippen molar-refractivity contribution in [2.24, 2.45) is 5.92 Å². The number of hydrogen-bond acceptors (Lipinski definition) is 3. The molecule has 0 aliphatic carbocycles. The van der Waals surface area contributed by atoms with Gasteiger partial charge in [0.05, 0.1) is 13.0 Å². The number of amides is 1. The zero-order chi connectivity index (χ0) is 13.8. The summed E-state index contributed by atoms with van der Waals surface area (Å²) >= 11 is 3.34. The molecule has 0 bridgehead atoms. The van der Waals surface area contributed by atoms with Crippen LogP contribution >= 0.6 is 15.9 Å². The van der Waals surface area contributed by atoms with E-state index in [-0.39, 0.29) is 17.8 Å². The third kappa shape index (κ3) is 3.35. The molecule has 1 aliphatic heterocycles. The van der Waals surface area contributed by atoms with Gasteiger partial charge in [-0.25, -0.2) is 0 Å². The number of nitrogens with zero attached hydrogens (tertiary/aromatic N) is 1. The zero-order valence-electron chi connectivity index (χ0n) is 10.8. The van der Waals surface area contributed by atoms with Crippen LogP contribution < -0.4 is 0 Å². The highest BCUT2D eigenvalue weighted by atomic mass is 79.9. The van der Waals surface area contributed by atoms with E-state index in [4.69, 9.17) is 4.74 Å². The van der Waals surface area contributed by atoms with Crippen molar-refractivity contribution in [2.75, 3.05) is 20.2 Å². The average molecular weight is 326 g/mol. The lowest BCUT2D eigenvalue weighted by Crippen LogP contribution is -2.42. The quantitative estimate of drug-likeness (QED) is 0.785. The molecular weight excluding hydrogens is 310 g/mol. The molecule has 1 heterocycles. The summed E-state index contributed by atoms with van der Waals surface area (Å²) in [6.45, 7) is 1.14. The summed E-state index contributed by atoms with van der Waals surface area (Å²) in [4.78, 5) is 25.6. The van der Waals surface area contributed by atoms with E-state index >= 15 is 0 Å². The maximum Gasteiger partial charge on any atom is 0.310 e. The van der Waals surface area contributed by atoms with Gasteiger partial charge in [0.25, 0.3) is 5.91 Å². The minimum atomic E-state index is -0.228. The average Bonchev–Trinajstić information content (AvgIpc) is 2.46. The Labute approximate surface area is 120 Å². The molecule has 4 nitrogen and oxygen atoms in total. The number of rotatable bonds is 2. The van der Waals surface area contributed by atoms with Crippen LogP contribution in [0.15, 0.2) is 28.7 Å². The van der Waals surface area contributed by atoms with E-state index in [9.17, 15) is 9.59 Å². The second kappa shape index (κ2) is 6.19. The molecule has 5 heteroatoms. The van der Waals surface area contributed by atoms with Gasteiger partial charge in [0.1, 0.15) is 0 Å². The highest BCUT2D eigenvalue weighted by Crippen LogP contribution is 2.20. The van der Waals surface area contributed by atoms with E-state index in [1.54, 1.807) is 17.0 Å². The predicted molar refractivity (Wildman–Crippen MR) is 74.8 cm³/mol. The van der Waals surface area contributed by atoms with Gasteiger partial charge in [-0.05, 0) is 37.1 Å². The van der Waals surface area contributed by atoms with Crippen molar-refractivity contribution in [2.45, 2.75) is 12.8 Å². The summed E-state index contributed by atoms with van der Waals surface area (Å²) in [6, 6.07) is 7.26. The lowest BCUT2D eigenvalue weighted by atomic mass is 9.97. The van der Waals surface area contributed by atoms with Crippen LogP contribution in [0.25, 0.3) is 0 Å². The maximum atomic E-state index is 12.3. The van der Waals surface area contributed by atoms with Gasteiger partial charge in [-0.3, -0.25) is 9.59 Å². The number of hydrogen-bond donors (Lipinski definition) is 0. The monoisotopic (exact) mass is 325 g/mol. The lowest BCUT2D eigenvalue weighted by molar-refractivity contribution is -0.146. The first kappa shape index (κ1) is 14.1. The van der Waals surface area contributed by atoms with E-state index in [1.807, 2.05) is 12.1 Å². The van der Waals surface area contributed by atoms with E-state index in [1.165, 1.54) is 7.11 Å². The Morgan fingerprint density at radius 1 is 1.32 bits per heavy atom. The fraction of sp³-hybridized carbons (Fsp3) is 0.429. The molecule has 1 fully saturated rings. The molecular formula is C14H16BrNO3. The number of piperidine rings is 1. The Morgan fingerprint density at radius 3 is 2.63 bits per heavy atom. The topological polar surface area (TPSA) is 46.6 Å². The van der Waals surface area contributed by atoms with Gasteiger partial charge in [-0.15, -0.1) is 0 Å². The molecule has 1 aromatic carbocycles. The van der Waals surface area contributed by atoms with Crippen molar-refractivity contribution in [3.63, 3.8) is 0 Å². The van der Waals surface area contributed by atoms with Crippen molar-refractivity contribution in [1.82, 2.24) is 4.90 Å². The molecule has 0 N–H and O–H groups in total. The van der Waals surface area contributed by atoms with Crippen LogP contribution in [0, 0.1) is 5.92 Å². The van der Waals surface area contributed by atoms with Gasteiger partial charge >= 0.3 is 5.97 Å². The predicted octanol–water partition coefficient (Wildman–Crippen LogP) is 2.47. The summed E-state index contributed by atoms with van der Waals surface area (Å²) in [7, 11) is 1.39. The van der Waals surface area contributed by atoms with Crippen molar-refractivity contribution < 1.29 is 14.3 Å². The van der Waals surface area contributed by atoms with Crippen LogP contribution in [0.2, 0.25) is 0 Å². The van der Waals surface area contributed by atoms with Gasteiger partial charge in [-0.1, -0.05) is 15.9 Å². The minimum absolute atomic E-state index is 0.0268. The number of ether oxygens (including phenoxy) is 1. The largest absolute Gasteiger partial charge is 0.469 e. The number of carbonyl (C=O) groups excluding carboxylic acids is 2. The number of esters is 1. The first-order valence-electron chi connectivity index (χ1n) is 6.24. The fourth-order valence-electron chi connectivity index (χ4n) is 2.30. The van der Waals surface area contributed by atoms with Crippen LogP contribution in [0.1, 0.15) is 23.2 Å². The SMILES string of the molecule is COC(=O)[C@H]1CCCN(C(=O)c2ccc(Br)cc2)C1. The Balaban J connectivity index is 2.06. The van der Waals surface area contributed by atoms with Crippen LogP contribution in [0.4, 0.5) is 0 Å². The van der Waals surface area contributed by atoms with Crippen LogP contribution in [0.5, 0.6) is 0 Å².